The van der Waals surface area contributed by atoms with E-state index in [1.807, 2.05) is 22.8 Å². The van der Waals surface area contributed by atoms with Crippen molar-refractivity contribution in [3.05, 3.63) is 39.2 Å². The summed E-state index contributed by atoms with van der Waals surface area (Å²) in [7, 11) is 0. The molecule has 2 fully saturated rings. The lowest BCUT2D eigenvalue weighted by atomic mass is 9.89. The third-order valence-electron chi connectivity index (χ3n) is 7.95. The molecule has 2 N–H and O–H groups in total. The first-order valence-corrected chi connectivity index (χ1v) is 12.6. The van der Waals surface area contributed by atoms with Crippen LogP contribution in [0.3, 0.4) is 0 Å². The molecular weight excluding hydrogens is 418 g/mol. The number of nitrogens with zero attached hydrogens (tertiary/aromatic N) is 3. The molecule has 2 bridgehead atoms. The zero-order chi connectivity index (χ0) is 21.7. The van der Waals surface area contributed by atoms with Crippen molar-refractivity contribution >= 4 is 27.2 Å². The number of nitrogens with one attached hydrogen (secondary N) is 2. The van der Waals surface area contributed by atoms with E-state index in [2.05, 4.69) is 47.4 Å². The van der Waals surface area contributed by atoms with E-state index in [1.54, 1.807) is 4.88 Å². The third-order valence-corrected chi connectivity index (χ3v) is 9.29. The van der Waals surface area contributed by atoms with Crippen LogP contribution >= 0.6 is 11.3 Å². The van der Waals surface area contributed by atoms with Crippen LogP contribution in [0, 0.1) is 19.8 Å². The van der Waals surface area contributed by atoms with Crippen molar-refractivity contribution in [2.24, 2.45) is 5.92 Å². The second-order valence-corrected chi connectivity index (χ2v) is 11.3. The average molecular weight is 448 g/mol. The second kappa shape index (κ2) is 6.65. The van der Waals surface area contributed by atoms with Crippen molar-refractivity contribution in [1.82, 2.24) is 24.9 Å². The van der Waals surface area contributed by atoms with E-state index in [9.17, 15) is 0 Å². The van der Waals surface area contributed by atoms with E-state index in [-0.39, 0.29) is 0 Å². The Morgan fingerprint density at radius 1 is 1.19 bits per heavy atom. The van der Waals surface area contributed by atoms with Gasteiger partial charge in [-0.2, -0.15) is 5.10 Å². The molecule has 7 rings (SSSR count). The normalized spacial score (nSPS) is 24.6. The molecule has 0 aromatic carbocycles. The number of aryl methyl sites for hydroxylation is 2. The molecule has 4 aromatic heterocycles. The van der Waals surface area contributed by atoms with Gasteiger partial charge in [-0.05, 0) is 67.7 Å². The average Bonchev–Trinajstić information content (AvgIpc) is 3.56. The molecule has 4 aromatic rings. The van der Waals surface area contributed by atoms with Gasteiger partial charge in [0.1, 0.15) is 10.7 Å². The Balaban J connectivity index is 1.44. The van der Waals surface area contributed by atoms with E-state index < -0.39 is 0 Å². The molecule has 1 aliphatic carbocycles. The van der Waals surface area contributed by atoms with E-state index in [1.165, 1.54) is 63.1 Å². The predicted molar refractivity (Wildman–Crippen MR) is 127 cm³/mol. The van der Waals surface area contributed by atoms with Crippen LogP contribution in [0.25, 0.3) is 27.1 Å². The van der Waals surface area contributed by atoms with Crippen LogP contribution in [-0.2, 0) is 18.0 Å². The number of aromatic nitrogens is 4. The highest BCUT2D eigenvalue weighted by Crippen LogP contribution is 2.51. The largest absolute Gasteiger partial charge is 0.372 e. The molecule has 3 aliphatic rings. The summed E-state index contributed by atoms with van der Waals surface area (Å²) >= 11 is 2.00. The van der Waals surface area contributed by atoms with Gasteiger partial charge in [0.15, 0.2) is 5.65 Å². The number of hydrogen-bond acceptors (Lipinski definition) is 5. The SMILES string of the molecule is Cc1nc2c3c(c(-c4[nH]c5sc([C@@H]6C[C@@H]7C[C@H]6CN7)c(C)c5c4C(C)C)cn2n1)COC3. The van der Waals surface area contributed by atoms with Gasteiger partial charge < -0.3 is 15.0 Å². The zero-order valence-corrected chi connectivity index (χ0v) is 19.9. The van der Waals surface area contributed by atoms with E-state index in [0.717, 1.165) is 29.3 Å². The highest BCUT2D eigenvalue weighted by Gasteiger charge is 2.42. The van der Waals surface area contributed by atoms with Gasteiger partial charge in [0.05, 0.1) is 18.9 Å². The molecule has 7 heteroatoms. The molecule has 1 saturated heterocycles. The standard InChI is InChI=1S/C25H29N5OS/c1-11(2)20-21-12(3)23(16-6-15-5-14(16)7-26-15)32-25(21)28-22(20)17-8-30-24(27-13(4)29-30)19-10-31-9-18(17)19/h8,11,14-16,26,28H,5-7,9-10H2,1-4H3/t14-,15-,16+/m0/s1. The first-order chi connectivity index (χ1) is 15.5. The quantitative estimate of drug-likeness (QED) is 0.454. The van der Waals surface area contributed by atoms with Gasteiger partial charge in [-0.15, -0.1) is 11.3 Å². The highest BCUT2D eigenvalue weighted by molar-refractivity contribution is 7.19. The lowest BCUT2D eigenvalue weighted by Crippen LogP contribution is -2.28. The fraction of sp³-hybridized carbons (Fsp3) is 0.520. The first kappa shape index (κ1) is 19.3. The summed E-state index contributed by atoms with van der Waals surface area (Å²) in [4.78, 5) is 11.5. The lowest BCUT2D eigenvalue weighted by molar-refractivity contribution is 0.135. The number of pyridine rings is 1. The number of thiophene rings is 1. The highest BCUT2D eigenvalue weighted by atomic mass is 32.1. The van der Waals surface area contributed by atoms with E-state index in [4.69, 9.17) is 4.74 Å². The number of aromatic amines is 1. The summed E-state index contributed by atoms with van der Waals surface area (Å²) in [6, 6.07) is 0.727. The number of H-pyrrole nitrogens is 1. The van der Waals surface area contributed by atoms with E-state index >= 15 is 0 Å². The van der Waals surface area contributed by atoms with Gasteiger partial charge in [-0.25, -0.2) is 9.50 Å². The Morgan fingerprint density at radius 2 is 2.03 bits per heavy atom. The van der Waals surface area contributed by atoms with Gasteiger partial charge in [0, 0.05) is 33.6 Å². The molecular formula is C25H29N5OS. The van der Waals surface area contributed by atoms with Crippen molar-refractivity contribution in [2.75, 3.05) is 6.54 Å². The smallest absolute Gasteiger partial charge is 0.161 e. The summed E-state index contributed by atoms with van der Waals surface area (Å²) in [6.45, 7) is 11.4. The Kier molecular flexibility index (Phi) is 4.01. The fourth-order valence-electron chi connectivity index (χ4n) is 6.56. The van der Waals surface area contributed by atoms with Crippen LogP contribution in [0.1, 0.15) is 71.5 Å². The lowest BCUT2D eigenvalue weighted by Gasteiger charge is -2.22. The van der Waals surface area contributed by atoms with Gasteiger partial charge in [-0.3, -0.25) is 0 Å². The van der Waals surface area contributed by atoms with Crippen molar-refractivity contribution in [1.29, 1.82) is 0 Å². The maximum absolute atomic E-state index is 5.89. The summed E-state index contributed by atoms with van der Waals surface area (Å²) in [5, 5.41) is 9.76. The number of fused-ring (bicyclic) bond motifs is 6. The van der Waals surface area contributed by atoms with Gasteiger partial charge in [0.2, 0.25) is 0 Å². The molecule has 0 unspecified atom stereocenters. The third kappa shape index (κ3) is 2.53. The Hall–Kier alpha value is -2.22. The first-order valence-electron chi connectivity index (χ1n) is 11.8. The van der Waals surface area contributed by atoms with Crippen LogP contribution in [0.2, 0.25) is 0 Å². The van der Waals surface area contributed by atoms with Crippen molar-refractivity contribution in [3.8, 4) is 11.3 Å². The number of rotatable bonds is 3. The molecule has 166 valence electrons. The van der Waals surface area contributed by atoms with Crippen LogP contribution in [0.5, 0.6) is 0 Å². The summed E-state index contributed by atoms with van der Waals surface area (Å²) < 4.78 is 7.83. The Labute approximate surface area is 191 Å². The van der Waals surface area contributed by atoms with Gasteiger partial charge >= 0.3 is 0 Å². The van der Waals surface area contributed by atoms with Crippen LogP contribution in [0.15, 0.2) is 6.20 Å². The molecule has 2 aliphatic heterocycles. The van der Waals surface area contributed by atoms with E-state index in [0.29, 0.717) is 19.1 Å². The minimum atomic E-state index is 0.424. The van der Waals surface area contributed by atoms with Crippen molar-refractivity contribution in [2.45, 2.75) is 71.6 Å². The molecule has 0 amide bonds. The summed E-state index contributed by atoms with van der Waals surface area (Å²) in [5.74, 6) is 2.76. The monoisotopic (exact) mass is 447 g/mol. The van der Waals surface area contributed by atoms with Crippen LogP contribution in [-0.4, -0.2) is 32.2 Å². The van der Waals surface area contributed by atoms with Gasteiger partial charge in [0.25, 0.3) is 0 Å². The molecule has 32 heavy (non-hydrogen) atoms. The maximum Gasteiger partial charge on any atom is 0.161 e. The molecule has 6 heterocycles. The van der Waals surface area contributed by atoms with Crippen molar-refractivity contribution < 1.29 is 4.74 Å². The van der Waals surface area contributed by atoms with Gasteiger partial charge in [-0.1, -0.05) is 13.8 Å². The minimum Gasteiger partial charge on any atom is -0.372 e. The maximum atomic E-state index is 5.89. The topological polar surface area (TPSA) is 67.2 Å². The molecule has 0 radical (unpaired) electrons. The molecule has 3 atom stereocenters. The summed E-state index contributed by atoms with van der Waals surface area (Å²) in [5.41, 5.74) is 8.77. The second-order valence-electron chi connectivity index (χ2n) is 10.2. The number of ether oxygens (including phenoxy) is 1. The zero-order valence-electron chi connectivity index (χ0n) is 19.1. The molecule has 6 nitrogen and oxygen atoms in total. The predicted octanol–water partition coefficient (Wildman–Crippen LogP) is 5.17. The van der Waals surface area contributed by atoms with Crippen LogP contribution < -0.4 is 5.32 Å². The Morgan fingerprint density at radius 3 is 2.78 bits per heavy atom. The summed E-state index contributed by atoms with van der Waals surface area (Å²) in [6.07, 6.45) is 4.80. The number of piperidine rings is 1. The van der Waals surface area contributed by atoms with Crippen molar-refractivity contribution in [3.63, 3.8) is 0 Å². The number of hydrogen-bond donors (Lipinski definition) is 2. The Bertz CT molecular complexity index is 1390. The minimum absolute atomic E-state index is 0.424. The van der Waals surface area contributed by atoms with Crippen LogP contribution in [0.4, 0.5) is 0 Å². The molecule has 1 saturated carbocycles. The fourth-order valence-corrected chi connectivity index (χ4v) is 7.99. The molecule has 0 spiro atoms.